The minimum Gasteiger partial charge on any atom is -0.379 e. The van der Waals surface area contributed by atoms with Gasteiger partial charge in [0, 0.05) is 24.3 Å². The van der Waals surface area contributed by atoms with Gasteiger partial charge < -0.3 is 10.1 Å². The average molecular weight is 297 g/mol. The Morgan fingerprint density at radius 3 is 2.80 bits per heavy atom. The van der Waals surface area contributed by atoms with Gasteiger partial charge in [-0.3, -0.25) is 0 Å². The van der Waals surface area contributed by atoms with Gasteiger partial charge in [0.1, 0.15) is 0 Å². The lowest BCUT2D eigenvalue weighted by Gasteiger charge is -2.52. The molecule has 1 aliphatic carbocycles. The van der Waals surface area contributed by atoms with E-state index in [1.165, 1.54) is 0 Å². The van der Waals surface area contributed by atoms with Crippen LogP contribution < -0.4 is 5.32 Å². The standard InChI is InChI=1S/C16H25ClN2O/c1-10(2)9-20-14-7-13(16(14,4)5)19-12-6-11(3)8-18-15(12)17/h6,8,10,13-14,19H,7,9H2,1-5H3. The first kappa shape index (κ1) is 15.6. The molecule has 1 fully saturated rings. The molecule has 0 amide bonds. The first-order chi connectivity index (χ1) is 9.30. The Kier molecular flexibility index (Phi) is 4.60. The van der Waals surface area contributed by atoms with Crippen molar-refractivity contribution in [3.63, 3.8) is 0 Å². The Morgan fingerprint density at radius 2 is 2.20 bits per heavy atom. The summed E-state index contributed by atoms with van der Waals surface area (Å²) in [5.74, 6) is 0.577. The maximum absolute atomic E-state index is 6.15. The van der Waals surface area contributed by atoms with E-state index < -0.39 is 0 Å². The van der Waals surface area contributed by atoms with Crippen molar-refractivity contribution in [2.75, 3.05) is 11.9 Å². The van der Waals surface area contributed by atoms with Crippen LogP contribution in [0.25, 0.3) is 0 Å². The van der Waals surface area contributed by atoms with E-state index in [0.717, 1.165) is 24.3 Å². The fraction of sp³-hybridized carbons (Fsp3) is 0.688. The summed E-state index contributed by atoms with van der Waals surface area (Å²) in [6.45, 7) is 11.7. The fourth-order valence-electron chi connectivity index (χ4n) is 2.56. The first-order valence-electron chi connectivity index (χ1n) is 7.31. The lowest BCUT2D eigenvalue weighted by Crippen LogP contribution is -2.58. The first-order valence-corrected chi connectivity index (χ1v) is 7.68. The second-order valence-electron chi connectivity index (χ2n) is 6.82. The summed E-state index contributed by atoms with van der Waals surface area (Å²) in [6, 6.07) is 2.43. The second kappa shape index (κ2) is 5.90. The minimum atomic E-state index is 0.113. The molecular formula is C16H25ClN2O. The molecule has 0 saturated heterocycles. The molecule has 0 aliphatic heterocycles. The molecule has 1 N–H and O–H groups in total. The molecule has 0 radical (unpaired) electrons. The Bertz CT molecular complexity index is 474. The number of aryl methyl sites for hydroxylation is 1. The lowest BCUT2D eigenvalue weighted by atomic mass is 9.64. The van der Waals surface area contributed by atoms with Crippen molar-refractivity contribution < 1.29 is 4.74 Å². The van der Waals surface area contributed by atoms with Gasteiger partial charge in [-0.05, 0) is 30.9 Å². The van der Waals surface area contributed by atoms with Gasteiger partial charge in [0.15, 0.2) is 5.15 Å². The van der Waals surface area contributed by atoms with Crippen molar-refractivity contribution >= 4 is 17.3 Å². The Hall–Kier alpha value is -0.800. The van der Waals surface area contributed by atoms with Crippen molar-refractivity contribution in [2.24, 2.45) is 11.3 Å². The number of ether oxygens (including phenoxy) is 1. The van der Waals surface area contributed by atoms with Crippen LogP contribution in [-0.4, -0.2) is 23.7 Å². The molecule has 2 atom stereocenters. The van der Waals surface area contributed by atoms with E-state index in [2.05, 4.69) is 38.0 Å². The number of anilines is 1. The van der Waals surface area contributed by atoms with Crippen molar-refractivity contribution in [1.82, 2.24) is 4.98 Å². The van der Waals surface area contributed by atoms with Gasteiger partial charge >= 0.3 is 0 Å². The number of nitrogens with one attached hydrogen (secondary N) is 1. The molecular weight excluding hydrogens is 272 g/mol. The third-order valence-corrected chi connectivity index (χ3v) is 4.42. The van der Waals surface area contributed by atoms with Crippen LogP contribution in [0.3, 0.4) is 0 Å². The topological polar surface area (TPSA) is 34.2 Å². The van der Waals surface area contributed by atoms with Crippen molar-refractivity contribution in [3.05, 3.63) is 23.0 Å². The second-order valence-corrected chi connectivity index (χ2v) is 7.18. The molecule has 1 aliphatic rings. The minimum absolute atomic E-state index is 0.113. The van der Waals surface area contributed by atoms with Gasteiger partial charge in [-0.15, -0.1) is 0 Å². The van der Waals surface area contributed by atoms with E-state index in [1.807, 2.05) is 13.0 Å². The molecule has 1 heterocycles. The van der Waals surface area contributed by atoms with Crippen LogP contribution in [0.1, 0.15) is 39.7 Å². The molecule has 1 aromatic rings. The van der Waals surface area contributed by atoms with Crippen LogP contribution in [-0.2, 0) is 4.74 Å². The summed E-state index contributed by atoms with van der Waals surface area (Å²) in [5, 5.41) is 4.06. The van der Waals surface area contributed by atoms with Crippen molar-refractivity contribution in [2.45, 2.75) is 53.2 Å². The highest BCUT2D eigenvalue weighted by Gasteiger charge is 2.49. The molecule has 112 valence electrons. The molecule has 0 bridgehead atoms. The van der Waals surface area contributed by atoms with Crippen LogP contribution >= 0.6 is 11.6 Å². The number of nitrogens with zero attached hydrogens (tertiary/aromatic N) is 1. The zero-order valence-corrected chi connectivity index (χ0v) is 13.8. The van der Waals surface area contributed by atoms with E-state index in [-0.39, 0.29) is 5.41 Å². The zero-order chi connectivity index (χ0) is 14.9. The summed E-state index contributed by atoms with van der Waals surface area (Å²) < 4.78 is 5.99. The van der Waals surface area contributed by atoms with Gasteiger partial charge in [-0.1, -0.05) is 39.3 Å². The zero-order valence-electron chi connectivity index (χ0n) is 13.0. The summed E-state index contributed by atoms with van der Waals surface area (Å²) >= 11 is 6.15. The van der Waals surface area contributed by atoms with Crippen LogP contribution in [0.4, 0.5) is 5.69 Å². The van der Waals surface area contributed by atoms with E-state index in [9.17, 15) is 0 Å². The highest BCUT2D eigenvalue weighted by atomic mass is 35.5. The maximum atomic E-state index is 6.15. The van der Waals surface area contributed by atoms with Crippen LogP contribution in [0, 0.1) is 18.3 Å². The molecule has 20 heavy (non-hydrogen) atoms. The molecule has 4 heteroatoms. The molecule has 3 nitrogen and oxygen atoms in total. The summed E-state index contributed by atoms with van der Waals surface area (Å²) in [7, 11) is 0. The number of rotatable bonds is 5. The molecule has 1 saturated carbocycles. The molecule has 0 spiro atoms. The number of halogens is 1. The molecule has 2 rings (SSSR count). The number of hydrogen-bond donors (Lipinski definition) is 1. The summed E-state index contributed by atoms with van der Waals surface area (Å²) in [4.78, 5) is 4.19. The number of aromatic nitrogens is 1. The molecule has 0 aromatic carbocycles. The third-order valence-electron chi connectivity index (χ3n) is 4.11. The summed E-state index contributed by atoms with van der Waals surface area (Å²) in [6.07, 6.45) is 3.12. The van der Waals surface area contributed by atoms with Gasteiger partial charge in [-0.25, -0.2) is 4.98 Å². The van der Waals surface area contributed by atoms with E-state index in [1.54, 1.807) is 6.20 Å². The maximum Gasteiger partial charge on any atom is 0.152 e. The molecule has 1 aromatic heterocycles. The quantitative estimate of drug-likeness (QED) is 0.823. The Labute approximate surface area is 127 Å². The van der Waals surface area contributed by atoms with Gasteiger partial charge in [-0.2, -0.15) is 0 Å². The van der Waals surface area contributed by atoms with Crippen LogP contribution in [0.2, 0.25) is 5.15 Å². The Balaban J connectivity index is 1.97. The third kappa shape index (κ3) is 3.26. The highest BCUT2D eigenvalue weighted by molar-refractivity contribution is 6.32. The van der Waals surface area contributed by atoms with Gasteiger partial charge in [0.25, 0.3) is 0 Å². The smallest absolute Gasteiger partial charge is 0.152 e. The van der Waals surface area contributed by atoms with Gasteiger partial charge in [0.05, 0.1) is 11.8 Å². The normalized spacial score (nSPS) is 24.6. The van der Waals surface area contributed by atoms with Crippen LogP contribution in [0.15, 0.2) is 12.3 Å². The highest BCUT2D eigenvalue weighted by Crippen LogP contribution is 2.45. The number of pyridine rings is 1. The predicted molar refractivity (Wildman–Crippen MR) is 84.4 cm³/mol. The molecule has 2 unspecified atom stereocenters. The van der Waals surface area contributed by atoms with E-state index in [0.29, 0.717) is 23.2 Å². The van der Waals surface area contributed by atoms with Crippen molar-refractivity contribution in [3.8, 4) is 0 Å². The van der Waals surface area contributed by atoms with E-state index >= 15 is 0 Å². The van der Waals surface area contributed by atoms with E-state index in [4.69, 9.17) is 16.3 Å². The van der Waals surface area contributed by atoms with Crippen LogP contribution in [0.5, 0.6) is 0 Å². The summed E-state index contributed by atoms with van der Waals surface area (Å²) in [5.41, 5.74) is 2.15. The monoisotopic (exact) mass is 296 g/mol. The Morgan fingerprint density at radius 1 is 1.50 bits per heavy atom. The van der Waals surface area contributed by atoms with Gasteiger partial charge in [0.2, 0.25) is 0 Å². The predicted octanol–water partition coefficient (Wildman–Crippen LogP) is 4.30. The SMILES string of the molecule is Cc1cnc(Cl)c(NC2CC(OCC(C)C)C2(C)C)c1. The van der Waals surface area contributed by atoms with Crippen molar-refractivity contribution in [1.29, 1.82) is 0 Å². The average Bonchev–Trinajstić information content (AvgIpc) is 2.36. The largest absolute Gasteiger partial charge is 0.379 e. The lowest BCUT2D eigenvalue weighted by molar-refractivity contribution is -0.108. The number of hydrogen-bond acceptors (Lipinski definition) is 3. The fourth-order valence-corrected chi connectivity index (χ4v) is 2.72.